The van der Waals surface area contributed by atoms with Gasteiger partial charge in [-0.2, -0.15) is 0 Å². The Morgan fingerprint density at radius 3 is 2.62 bits per heavy atom. The van der Waals surface area contributed by atoms with Crippen LogP contribution < -0.4 is 16.0 Å². The second-order valence-electron chi connectivity index (χ2n) is 7.93. The molecular formula is C24H32N4O. The van der Waals surface area contributed by atoms with Crippen molar-refractivity contribution in [2.45, 2.75) is 45.6 Å². The smallest absolute Gasteiger partial charge is 0.269 e. The van der Waals surface area contributed by atoms with E-state index < -0.39 is 0 Å². The first-order chi connectivity index (χ1) is 13.9. The number of aromatic nitrogens is 1. The fourth-order valence-electron chi connectivity index (χ4n) is 4.09. The molecule has 1 amide bonds. The van der Waals surface area contributed by atoms with Gasteiger partial charge in [-0.3, -0.25) is 4.79 Å². The summed E-state index contributed by atoms with van der Waals surface area (Å²) in [7, 11) is 3.57. The molecule has 1 aromatic carbocycles. The van der Waals surface area contributed by atoms with Crippen molar-refractivity contribution in [3.8, 4) is 0 Å². The Kier molecular flexibility index (Phi) is 6.57. The van der Waals surface area contributed by atoms with Crippen molar-refractivity contribution in [3.63, 3.8) is 0 Å². The molecule has 5 heteroatoms. The van der Waals surface area contributed by atoms with Gasteiger partial charge in [0.1, 0.15) is 5.69 Å². The summed E-state index contributed by atoms with van der Waals surface area (Å²) in [5.74, 6) is 0.583. The van der Waals surface area contributed by atoms with Crippen LogP contribution in [0.5, 0.6) is 0 Å². The first kappa shape index (κ1) is 20.9. The summed E-state index contributed by atoms with van der Waals surface area (Å²) in [6, 6.07) is 10.6. The van der Waals surface area contributed by atoms with E-state index in [1.807, 2.05) is 13.1 Å². The molecule has 1 aliphatic carbocycles. The maximum Gasteiger partial charge on any atom is 0.269 e. The molecule has 29 heavy (non-hydrogen) atoms. The third-order valence-electron chi connectivity index (χ3n) is 5.71. The molecule has 1 heterocycles. The number of nitrogens with one attached hydrogen (secondary N) is 3. The van der Waals surface area contributed by atoms with Gasteiger partial charge >= 0.3 is 0 Å². The Balaban J connectivity index is 1.92. The van der Waals surface area contributed by atoms with Crippen LogP contribution in [0.25, 0.3) is 5.70 Å². The zero-order valence-corrected chi connectivity index (χ0v) is 17.9. The molecule has 0 bridgehead atoms. The summed E-state index contributed by atoms with van der Waals surface area (Å²) in [4.78, 5) is 17.0. The lowest BCUT2D eigenvalue weighted by Gasteiger charge is -2.34. The van der Waals surface area contributed by atoms with Gasteiger partial charge in [0.2, 0.25) is 0 Å². The summed E-state index contributed by atoms with van der Waals surface area (Å²) < 4.78 is 0. The molecule has 1 fully saturated rings. The summed E-state index contributed by atoms with van der Waals surface area (Å²) in [5, 5.41) is 9.47. The number of hydrogen-bond acceptors (Lipinski definition) is 4. The first-order valence-corrected chi connectivity index (χ1v) is 10.4. The number of carbonyl (C=O) groups excluding carboxylic acids is 1. The summed E-state index contributed by atoms with van der Waals surface area (Å²) >= 11 is 0. The molecule has 5 nitrogen and oxygen atoms in total. The van der Waals surface area contributed by atoms with E-state index in [0.717, 1.165) is 47.8 Å². The largest absolute Gasteiger partial charge is 0.388 e. The lowest BCUT2D eigenvalue weighted by Crippen LogP contribution is -2.38. The van der Waals surface area contributed by atoms with E-state index in [2.05, 4.69) is 65.6 Å². The lowest BCUT2D eigenvalue weighted by molar-refractivity contribution is 0.0958. The Hall–Kier alpha value is -2.82. The maximum absolute atomic E-state index is 12.3. The minimum absolute atomic E-state index is 0.183. The van der Waals surface area contributed by atoms with Crippen molar-refractivity contribution < 1.29 is 4.79 Å². The van der Waals surface area contributed by atoms with E-state index in [0.29, 0.717) is 18.2 Å². The number of amides is 1. The van der Waals surface area contributed by atoms with Crippen LogP contribution in [0.2, 0.25) is 0 Å². The Bertz CT molecular complexity index is 900. The van der Waals surface area contributed by atoms with Crippen LogP contribution in [0.4, 0.5) is 5.69 Å². The second-order valence-corrected chi connectivity index (χ2v) is 7.93. The van der Waals surface area contributed by atoms with Crippen molar-refractivity contribution in [2.75, 3.05) is 19.4 Å². The number of anilines is 1. The number of pyridine rings is 1. The third kappa shape index (κ3) is 4.78. The quantitative estimate of drug-likeness (QED) is 0.635. The number of hydrogen-bond donors (Lipinski definition) is 3. The first-order valence-electron chi connectivity index (χ1n) is 10.4. The summed E-state index contributed by atoms with van der Waals surface area (Å²) in [6.45, 7) is 8.65. The zero-order valence-electron chi connectivity index (χ0n) is 17.9. The zero-order chi connectivity index (χ0) is 21.0. The minimum Gasteiger partial charge on any atom is -0.388 e. The van der Waals surface area contributed by atoms with Gasteiger partial charge in [-0.05, 0) is 54.5 Å². The van der Waals surface area contributed by atoms with Gasteiger partial charge in [-0.1, -0.05) is 32.6 Å². The maximum atomic E-state index is 12.3. The average Bonchev–Trinajstić information content (AvgIpc) is 2.71. The van der Waals surface area contributed by atoms with Gasteiger partial charge in [-0.15, -0.1) is 0 Å². The minimum atomic E-state index is -0.183. The predicted molar refractivity (Wildman–Crippen MR) is 120 cm³/mol. The van der Waals surface area contributed by atoms with Gasteiger partial charge in [0.05, 0.1) is 0 Å². The fourth-order valence-corrected chi connectivity index (χ4v) is 4.09. The van der Waals surface area contributed by atoms with Crippen LogP contribution in [-0.4, -0.2) is 31.0 Å². The Morgan fingerprint density at radius 1 is 1.24 bits per heavy atom. The highest BCUT2D eigenvalue weighted by Gasteiger charge is 2.25. The average molecular weight is 393 g/mol. The molecule has 0 aliphatic heterocycles. The molecular weight excluding hydrogens is 360 g/mol. The van der Waals surface area contributed by atoms with Crippen LogP contribution in [0.3, 0.4) is 0 Å². The molecule has 1 aliphatic rings. The summed E-state index contributed by atoms with van der Waals surface area (Å²) in [5.41, 5.74) is 6.72. The molecule has 1 aromatic heterocycles. The van der Waals surface area contributed by atoms with Crippen molar-refractivity contribution in [1.82, 2.24) is 15.6 Å². The highest BCUT2D eigenvalue weighted by molar-refractivity contribution is 5.93. The van der Waals surface area contributed by atoms with E-state index >= 15 is 0 Å². The van der Waals surface area contributed by atoms with Crippen molar-refractivity contribution in [2.24, 2.45) is 5.92 Å². The topological polar surface area (TPSA) is 66.0 Å². The third-order valence-corrected chi connectivity index (χ3v) is 5.71. The van der Waals surface area contributed by atoms with Crippen LogP contribution >= 0.6 is 0 Å². The number of benzene rings is 1. The number of rotatable bonds is 8. The predicted octanol–water partition coefficient (Wildman–Crippen LogP) is 3.99. The monoisotopic (exact) mass is 392 g/mol. The van der Waals surface area contributed by atoms with E-state index in [1.165, 1.54) is 11.1 Å². The SMILES string of the molecule is C=C(NC1CC(C)C1)c1cc(Cc2cccc(NC)c2CC)nc(C(=O)NC)c1. The van der Waals surface area contributed by atoms with E-state index in [1.54, 1.807) is 7.05 Å². The molecule has 2 aromatic rings. The number of nitrogens with zero attached hydrogens (tertiary/aromatic N) is 1. The van der Waals surface area contributed by atoms with Crippen LogP contribution in [0, 0.1) is 5.92 Å². The Morgan fingerprint density at radius 2 is 2.00 bits per heavy atom. The molecule has 0 radical (unpaired) electrons. The lowest BCUT2D eigenvalue weighted by atomic mass is 9.81. The second kappa shape index (κ2) is 9.12. The van der Waals surface area contributed by atoms with Crippen molar-refractivity contribution in [1.29, 1.82) is 0 Å². The van der Waals surface area contributed by atoms with Gasteiger partial charge < -0.3 is 16.0 Å². The molecule has 0 saturated heterocycles. The van der Waals surface area contributed by atoms with Crippen LogP contribution in [-0.2, 0) is 12.8 Å². The highest BCUT2D eigenvalue weighted by atomic mass is 16.1. The van der Waals surface area contributed by atoms with E-state index in [-0.39, 0.29) is 5.91 Å². The molecule has 0 spiro atoms. The fraction of sp³-hybridized carbons (Fsp3) is 0.417. The van der Waals surface area contributed by atoms with Crippen molar-refractivity contribution >= 4 is 17.3 Å². The van der Waals surface area contributed by atoms with Crippen LogP contribution in [0.1, 0.15) is 59.6 Å². The van der Waals surface area contributed by atoms with Crippen molar-refractivity contribution in [3.05, 3.63) is 65.0 Å². The number of carbonyl (C=O) groups is 1. The van der Waals surface area contributed by atoms with E-state index in [9.17, 15) is 4.79 Å². The molecule has 154 valence electrons. The van der Waals surface area contributed by atoms with Gasteiger partial charge in [0.25, 0.3) is 5.91 Å². The molecule has 0 atom stereocenters. The van der Waals surface area contributed by atoms with Gasteiger partial charge in [0.15, 0.2) is 0 Å². The molecule has 1 saturated carbocycles. The molecule has 3 N–H and O–H groups in total. The molecule has 0 unspecified atom stereocenters. The summed E-state index contributed by atoms with van der Waals surface area (Å²) in [6.07, 6.45) is 3.93. The van der Waals surface area contributed by atoms with Crippen LogP contribution in [0.15, 0.2) is 36.9 Å². The Labute approximate surface area is 174 Å². The molecule has 3 rings (SSSR count). The standard InChI is InChI=1S/C24H32N4O/c1-6-21-17(8-7-9-22(21)25-4)12-20-13-18(14-23(28-20)24(29)26-5)16(3)27-19-10-15(2)11-19/h7-9,13-15,19,25,27H,3,6,10-12H2,1-2,4-5H3,(H,26,29). The highest BCUT2D eigenvalue weighted by Crippen LogP contribution is 2.29. The van der Waals surface area contributed by atoms with Gasteiger partial charge in [-0.25, -0.2) is 4.98 Å². The van der Waals surface area contributed by atoms with E-state index in [4.69, 9.17) is 0 Å². The van der Waals surface area contributed by atoms with Gasteiger partial charge in [0, 0.05) is 49.2 Å². The normalized spacial score (nSPS) is 17.9.